The zero-order valence-electron chi connectivity index (χ0n) is 12.4. The van der Waals surface area contributed by atoms with E-state index in [-0.39, 0.29) is 5.91 Å². The van der Waals surface area contributed by atoms with Gasteiger partial charge >= 0.3 is 5.97 Å². The third-order valence-electron chi connectivity index (χ3n) is 4.93. The van der Waals surface area contributed by atoms with Crippen LogP contribution in [0.2, 0.25) is 0 Å². The SMILES string of the molecule is O=C(O)C1Cc2c(Br)cccc2CN1C(=O)CCC1CCC1. The Morgan fingerprint density at radius 3 is 2.73 bits per heavy atom. The zero-order valence-corrected chi connectivity index (χ0v) is 14.0. The molecule has 1 aromatic rings. The van der Waals surface area contributed by atoms with Gasteiger partial charge in [0, 0.05) is 23.9 Å². The fourth-order valence-electron chi connectivity index (χ4n) is 3.31. The average Bonchev–Trinajstić information content (AvgIpc) is 2.44. The van der Waals surface area contributed by atoms with Gasteiger partial charge in [-0.3, -0.25) is 4.79 Å². The first-order valence-electron chi connectivity index (χ1n) is 7.85. The van der Waals surface area contributed by atoms with Crippen LogP contribution in [0.15, 0.2) is 22.7 Å². The number of nitrogens with zero attached hydrogens (tertiary/aromatic N) is 1. The highest BCUT2D eigenvalue weighted by atomic mass is 79.9. The standard InChI is InChI=1S/C17H20BrNO3/c18-14-6-2-5-12-10-19(15(17(21)22)9-13(12)14)16(20)8-7-11-3-1-4-11/h2,5-6,11,15H,1,3-4,7-10H2,(H,21,22). The highest BCUT2D eigenvalue weighted by molar-refractivity contribution is 9.10. The first-order valence-corrected chi connectivity index (χ1v) is 8.64. The van der Waals surface area contributed by atoms with E-state index in [2.05, 4.69) is 15.9 Å². The topological polar surface area (TPSA) is 57.6 Å². The number of rotatable bonds is 4. The molecule has 1 aliphatic carbocycles. The van der Waals surface area contributed by atoms with Gasteiger partial charge in [-0.05, 0) is 29.5 Å². The number of carbonyl (C=O) groups excluding carboxylic acids is 1. The Morgan fingerprint density at radius 2 is 2.09 bits per heavy atom. The number of aliphatic carboxylic acids is 1. The minimum absolute atomic E-state index is 0.0232. The largest absolute Gasteiger partial charge is 0.480 e. The highest BCUT2D eigenvalue weighted by Crippen LogP contribution is 2.33. The van der Waals surface area contributed by atoms with Gasteiger partial charge in [0.15, 0.2) is 0 Å². The highest BCUT2D eigenvalue weighted by Gasteiger charge is 2.35. The molecule has 1 amide bonds. The van der Waals surface area contributed by atoms with Gasteiger partial charge < -0.3 is 10.0 Å². The molecule has 1 N–H and O–H groups in total. The molecule has 0 radical (unpaired) electrons. The molecule has 1 saturated carbocycles. The summed E-state index contributed by atoms with van der Waals surface area (Å²) in [5.41, 5.74) is 2.06. The van der Waals surface area contributed by atoms with Crippen molar-refractivity contribution in [3.8, 4) is 0 Å². The molecule has 5 heteroatoms. The number of benzene rings is 1. The normalized spacial score (nSPS) is 21.1. The van der Waals surface area contributed by atoms with Crippen LogP contribution in [0.25, 0.3) is 0 Å². The number of carbonyl (C=O) groups is 2. The molecule has 1 atom stereocenters. The van der Waals surface area contributed by atoms with E-state index in [1.807, 2.05) is 18.2 Å². The third-order valence-corrected chi connectivity index (χ3v) is 5.67. The number of amides is 1. The Labute approximate surface area is 138 Å². The van der Waals surface area contributed by atoms with Crippen molar-refractivity contribution in [1.82, 2.24) is 4.90 Å². The Balaban J connectivity index is 1.76. The molecule has 1 aliphatic heterocycles. The van der Waals surface area contributed by atoms with Gasteiger partial charge in [-0.25, -0.2) is 4.79 Å². The van der Waals surface area contributed by atoms with Crippen LogP contribution < -0.4 is 0 Å². The van der Waals surface area contributed by atoms with Gasteiger partial charge in [-0.1, -0.05) is 47.3 Å². The molecular formula is C17H20BrNO3. The number of hydrogen-bond acceptors (Lipinski definition) is 2. The molecule has 0 saturated heterocycles. The number of carboxylic acid groups (broad SMARTS) is 1. The maximum atomic E-state index is 12.5. The fourth-order valence-corrected chi connectivity index (χ4v) is 3.88. The molecule has 1 fully saturated rings. The van der Waals surface area contributed by atoms with E-state index in [9.17, 15) is 14.7 Å². The molecule has 1 aromatic carbocycles. The lowest BCUT2D eigenvalue weighted by Crippen LogP contribution is -2.48. The molecule has 3 rings (SSSR count). The first kappa shape index (κ1) is 15.5. The van der Waals surface area contributed by atoms with Gasteiger partial charge in [-0.2, -0.15) is 0 Å². The number of hydrogen-bond donors (Lipinski definition) is 1. The van der Waals surface area contributed by atoms with E-state index in [0.717, 1.165) is 22.0 Å². The first-order chi connectivity index (χ1) is 10.6. The lowest BCUT2D eigenvalue weighted by Gasteiger charge is -2.35. The molecule has 4 nitrogen and oxygen atoms in total. The predicted molar refractivity (Wildman–Crippen MR) is 86.4 cm³/mol. The number of halogens is 1. The van der Waals surface area contributed by atoms with Crippen LogP contribution in [0.4, 0.5) is 0 Å². The summed E-state index contributed by atoms with van der Waals surface area (Å²) in [4.78, 5) is 25.6. The van der Waals surface area contributed by atoms with E-state index in [0.29, 0.717) is 25.3 Å². The Bertz CT molecular complexity index is 598. The van der Waals surface area contributed by atoms with Crippen molar-refractivity contribution in [3.63, 3.8) is 0 Å². The van der Waals surface area contributed by atoms with Gasteiger partial charge in [-0.15, -0.1) is 0 Å². The van der Waals surface area contributed by atoms with Crippen molar-refractivity contribution in [2.75, 3.05) is 0 Å². The smallest absolute Gasteiger partial charge is 0.326 e. The van der Waals surface area contributed by atoms with Crippen molar-refractivity contribution in [2.45, 2.75) is 51.1 Å². The quantitative estimate of drug-likeness (QED) is 0.889. The van der Waals surface area contributed by atoms with Gasteiger partial charge in [0.2, 0.25) is 5.91 Å². The monoisotopic (exact) mass is 365 g/mol. The molecule has 2 aliphatic rings. The van der Waals surface area contributed by atoms with Gasteiger partial charge in [0.25, 0.3) is 0 Å². The van der Waals surface area contributed by atoms with Gasteiger partial charge in [0.1, 0.15) is 6.04 Å². The molecule has 1 unspecified atom stereocenters. The second-order valence-corrected chi connectivity index (χ2v) is 7.15. The van der Waals surface area contributed by atoms with Crippen molar-refractivity contribution in [1.29, 1.82) is 0 Å². The number of fused-ring (bicyclic) bond motifs is 1. The third kappa shape index (κ3) is 3.05. The molecule has 0 bridgehead atoms. The number of carboxylic acids is 1. The Hall–Kier alpha value is -1.36. The van der Waals surface area contributed by atoms with Crippen LogP contribution in [-0.4, -0.2) is 27.9 Å². The summed E-state index contributed by atoms with van der Waals surface area (Å²) in [6.45, 7) is 0.398. The lowest BCUT2D eigenvalue weighted by atomic mass is 9.82. The van der Waals surface area contributed by atoms with Crippen LogP contribution in [0, 0.1) is 5.92 Å². The van der Waals surface area contributed by atoms with Crippen molar-refractivity contribution >= 4 is 27.8 Å². The minimum atomic E-state index is -0.918. The second-order valence-electron chi connectivity index (χ2n) is 6.29. The summed E-state index contributed by atoms with van der Waals surface area (Å²) >= 11 is 3.49. The van der Waals surface area contributed by atoms with E-state index >= 15 is 0 Å². The van der Waals surface area contributed by atoms with E-state index in [4.69, 9.17) is 0 Å². The molecule has 118 valence electrons. The summed E-state index contributed by atoms with van der Waals surface area (Å²) in [6, 6.07) is 5.08. The van der Waals surface area contributed by atoms with Crippen LogP contribution >= 0.6 is 15.9 Å². The summed E-state index contributed by atoms with van der Waals surface area (Å²) in [5, 5.41) is 9.50. The van der Waals surface area contributed by atoms with Crippen LogP contribution in [0.1, 0.15) is 43.2 Å². The Morgan fingerprint density at radius 1 is 1.32 bits per heavy atom. The molecule has 1 heterocycles. The summed E-state index contributed by atoms with van der Waals surface area (Å²) in [5.74, 6) is -0.276. The predicted octanol–water partition coefficient (Wildman–Crippen LogP) is 3.37. The maximum Gasteiger partial charge on any atom is 0.326 e. The molecule has 22 heavy (non-hydrogen) atoms. The van der Waals surface area contributed by atoms with Crippen molar-refractivity contribution in [3.05, 3.63) is 33.8 Å². The molecular weight excluding hydrogens is 346 g/mol. The second kappa shape index (κ2) is 6.41. The van der Waals surface area contributed by atoms with E-state index in [1.165, 1.54) is 19.3 Å². The van der Waals surface area contributed by atoms with Gasteiger partial charge in [0.05, 0.1) is 0 Å². The molecule has 0 aromatic heterocycles. The maximum absolute atomic E-state index is 12.5. The lowest BCUT2D eigenvalue weighted by molar-refractivity contribution is -0.151. The Kier molecular flexibility index (Phi) is 4.52. The van der Waals surface area contributed by atoms with Crippen molar-refractivity contribution < 1.29 is 14.7 Å². The van der Waals surface area contributed by atoms with Crippen LogP contribution in [0.5, 0.6) is 0 Å². The van der Waals surface area contributed by atoms with Crippen molar-refractivity contribution in [2.24, 2.45) is 5.92 Å². The summed E-state index contributed by atoms with van der Waals surface area (Å²) in [7, 11) is 0. The summed E-state index contributed by atoms with van der Waals surface area (Å²) < 4.78 is 0.929. The fraction of sp³-hybridized carbons (Fsp3) is 0.529. The average molecular weight is 366 g/mol. The minimum Gasteiger partial charge on any atom is -0.480 e. The van der Waals surface area contributed by atoms with Crippen LogP contribution in [0.3, 0.4) is 0 Å². The zero-order chi connectivity index (χ0) is 15.7. The van der Waals surface area contributed by atoms with Crippen LogP contribution in [-0.2, 0) is 22.6 Å². The molecule has 0 spiro atoms. The summed E-state index contributed by atoms with van der Waals surface area (Å²) in [6.07, 6.45) is 5.44. The van der Waals surface area contributed by atoms with E-state index < -0.39 is 12.0 Å². The van der Waals surface area contributed by atoms with E-state index in [1.54, 1.807) is 4.90 Å².